The molecule has 1 atom stereocenters. The molecular formula is C22H29FIN3O2. The molecule has 158 valence electrons. The number of halogens is 2. The Hall–Kier alpha value is -1.87. The fourth-order valence-corrected chi connectivity index (χ4v) is 3.24. The SMILES string of the molecule is CCNC(=NCC1(c2cccc(F)c2)CC1)NCC(O)c1cccc(OC)c1.I. The van der Waals surface area contributed by atoms with Crippen molar-refractivity contribution in [3.05, 3.63) is 65.5 Å². The first-order valence-electron chi connectivity index (χ1n) is 9.66. The fourth-order valence-electron chi connectivity index (χ4n) is 3.24. The van der Waals surface area contributed by atoms with Gasteiger partial charge in [0.2, 0.25) is 0 Å². The second-order valence-corrected chi connectivity index (χ2v) is 7.16. The number of rotatable bonds is 8. The van der Waals surface area contributed by atoms with Crippen LogP contribution in [0.1, 0.15) is 37.0 Å². The standard InChI is InChI=1S/C22H28FN3O2.HI/c1-3-24-21(25-14-20(27)16-6-4-9-19(12-16)28-2)26-15-22(10-11-22)17-7-5-8-18(23)13-17;/h4-9,12-13,20,27H,3,10-11,14-15H2,1-2H3,(H2,24,25,26);1H. The van der Waals surface area contributed by atoms with E-state index in [1.54, 1.807) is 19.2 Å². The number of benzene rings is 2. The molecule has 0 aliphatic heterocycles. The third kappa shape index (κ3) is 6.30. The normalized spacial score (nSPS) is 15.8. The van der Waals surface area contributed by atoms with E-state index in [-0.39, 0.29) is 35.2 Å². The summed E-state index contributed by atoms with van der Waals surface area (Å²) in [6.45, 7) is 3.62. The molecule has 1 fully saturated rings. The Bertz CT molecular complexity index is 827. The largest absolute Gasteiger partial charge is 0.497 e. The zero-order valence-corrected chi connectivity index (χ0v) is 19.2. The van der Waals surface area contributed by atoms with Gasteiger partial charge in [-0.15, -0.1) is 24.0 Å². The van der Waals surface area contributed by atoms with Crippen LogP contribution >= 0.6 is 24.0 Å². The molecule has 0 saturated heterocycles. The molecule has 1 aliphatic carbocycles. The molecule has 1 aliphatic rings. The number of aliphatic imine (C=N–C) groups is 1. The molecule has 0 radical (unpaired) electrons. The minimum Gasteiger partial charge on any atom is -0.497 e. The van der Waals surface area contributed by atoms with Crippen molar-refractivity contribution in [2.75, 3.05) is 26.7 Å². The van der Waals surface area contributed by atoms with E-state index in [0.29, 0.717) is 31.3 Å². The molecule has 1 saturated carbocycles. The Kier molecular flexibility index (Phi) is 8.70. The van der Waals surface area contributed by atoms with Gasteiger partial charge in [-0.2, -0.15) is 0 Å². The number of nitrogens with zero attached hydrogens (tertiary/aromatic N) is 1. The second kappa shape index (κ2) is 10.8. The number of ether oxygens (including phenoxy) is 1. The van der Waals surface area contributed by atoms with Crippen LogP contribution in [0.4, 0.5) is 4.39 Å². The maximum atomic E-state index is 13.6. The number of methoxy groups -OCH3 is 1. The van der Waals surface area contributed by atoms with Crippen molar-refractivity contribution in [3.8, 4) is 5.75 Å². The van der Waals surface area contributed by atoms with E-state index in [9.17, 15) is 9.50 Å². The predicted molar refractivity (Wildman–Crippen MR) is 125 cm³/mol. The molecule has 3 N–H and O–H groups in total. The van der Waals surface area contributed by atoms with Gasteiger partial charge in [-0.05, 0) is 55.2 Å². The van der Waals surface area contributed by atoms with E-state index in [1.165, 1.54) is 6.07 Å². The van der Waals surface area contributed by atoms with Crippen LogP contribution in [0.15, 0.2) is 53.5 Å². The zero-order valence-electron chi connectivity index (χ0n) is 16.8. The highest BCUT2D eigenvalue weighted by Crippen LogP contribution is 2.48. The lowest BCUT2D eigenvalue weighted by Crippen LogP contribution is -2.40. The van der Waals surface area contributed by atoms with Crippen LogP contribution in [0.2, 0.25) is 0 Å². The van der Waals surface area contributed by atoms with E-state index in [4.69, 9.17) is 4.74 Å². The topological polar surface area (TPSA) is 65.9 Å². The average molecular weight is 513 g/mol. The van der Waals surface area contributed by atoms with Crippen LogP contribution in [0.3, 0.4) is 0 Å². The smallest absolute Gasteiger partial charge is 0.191 e. The summed E-state index contributed by atoms with van der Waals surface area (Å²) < 4.78 is 18.8. The molecule has 0 spiro atoms. The lowest BCUT2D eigenvalue weighted by molar-refractivity contribution is 0.180. The summed E-state index contributed by atoms with van der Waals surface area (Å²) in [5.74, 6) is 1.15. The summed E-state index contributed by atoms with van der Waals surface area (Å²) in [5, 5.41) is 16.9. The van der Waals surface area contributed by atoms with Crippen molar-refractivity contribution in [3.63, 3.8) is 0 Å². The molecule has 29 heavy (non-hydrogen) atoms. The van der Waals surface area contributed by atoms with Crippen LogP contribution < -0.4 is 15.4 Å². The lowest BCUT2D eigenvalue weighted by atomic mass is 9.96. The highest BCUT2D eigenvalue weighted by Gasteiger charge is 2.44. The summed E-state index contributed by atoms with van der Waals surface area (Å²) in [6.07, 6.45) is 1.33. The van der Waals surface area contributed by atoms with Crippen molar-refractivity contribution < 1.29 is 14.2 Å². The highest BCUT2D eigenvalue weighted by atomic mass is 127. The summed E-state index contributed by atoms with van der Waals surface area (Å²) in [5.41, 5.74) is 1.71. The Morgan fingerprint density at radius 1 is 1.21 bits per heavy atom. The van der Waals surface area contributed by atoms with Crippen molar-refractivity contribution in [2.45, 2.75) is 31.3 Å². The third-order valence-electron chi connectivity index (χ3n) is 5.12. The van der Waals surface area contributed by atoms with Gasteiger partial charge in [0.05, 0.1) is 19.8 Å². The highest BCUT2D eigenvalue weighted by molar-refractivity contribution is 14.0. The van der Waals surface area contributed by atoms with Gasteiger partial charge in [-0.25, -0.2) is 4.39 Å². The molecule has 0 amide bonds. The van der Waals surface area contributed by atoms with Gasteiger partial charge in [0.25, 0.3) is 0 Å². The number of hydrogen-bond donors (Lipinski definition) is 3. The second-order valence-electron chi connectivity index (χ2n) is 7.16. The average Bonchev–Trinajstić information content (AvgIpc) is 3.51. The summed E-state index contributed by atoms with van der Waals surface area (Å²) >= 11 is 0. The van der Waals surface area contributed by atoms with E-state index in [0.717, 1.165) is 24.0 Å². The van der Waals surface area contributed by atoms with Crippen LogP contribution in [0.25, 0.3) is 0 Å². The maximum absolute atomic E-state index is 13.6. The number of aliphatic hydroxyl groups excluding tert-OH is 1. The summed E-state index contributed by atoms with van der Waals surface area (Å²) in [4.78, 5) is 4.69. The van der Waals surface area contributed by atoms with Gasteiger partial charge in [0, 0.05) is 18.5 Å². The Morgan fingerprint density at radius 3 is 2.62 bits per heavy atom. The van der Waals surface area contributed by atoms with Crippen LogP contribution in [0, 0.1) is 5.82 Å². The first-order valence-corrected chi connectivity index (χ1v) is 9.66. The molecule has 0 bridgehead atoms. The van der Waals surface area contributed by atoms with E-state index in [2.05, 4.69) is 15.6 Å². The molecular weight excluding hydrogens is 484 g/mol. The summed E-state index contributed by atoms with van der Waals surface area (Å²) in [6, 6.07) is 14.2. The van der Waals surface area contributed by atoms with Gasteiger partial charge in [-0.1, -0.05) is 24.3 Å². The van der Waals surface area contributed by atoms with Crippen molar-refractivity contribution >= 4 is 29.9 Å². The van der Waals surface area contributed by atoms with Gasteiger partial charge in [0.1, 0.15) is 11.6 Å². The number of aliphatic hydroxyl groups is 1. The van der Waals surface area contributed by atoms with Gasteiger partial charge in [0.15, 0.2) is 5.96 Å². The van der Waals surface area contributed by atoms with E-state index in [1.807, 2.05) is 37.3 Å². The molecule has 1 unspecified atom stereocenters. The molecule has 0 heterocycles. The number of guanidine groups is 1. The molecule has 5 nitrogen and oxygen atoms in total. The minimum atomic E-state index is -0.683. The van der Waals surface area contributed by atoms with Gasteiger partial charge in [-0.3, -0.25) is 4.99 Å². The monoisotopic (exact) mass is 513 g/mol. The predicted octanol–water partition coefficient (Wildman–Crippen LogP) is 3.77. The zero-order chi connectivity index (χ0) is 20.0. The number of hydrogen-bond acceptors (Lipinski definition) is 3. The molecule has 2 aromatic rings. The van der Waals surface area contributed by atoms with Gasteiger partial charge >= 0.3 is 0 Å². The molecule has 2 aromatic carbocycles. The Balaban J connectivity index is 0.00000300. The number of nitrogens with one attached hydrogen (secondary N) is 2. The lowest BCUT2D eigenvalue weighted by Gasteiger charge is -2.18. The Morgan fingerprint density at radius 2 is 1.97 bits per heavy atom. The van der Waals surface area contributed by atoms with Gasteiger partial charge < -0.3 is 20.5 Å². The minimum absolute atomic E-state index is 0. The first-order chi connectivity index (χ1) is 13.6. The third-order valence-corrected chi connectivity index (χ3v) is 5.12. The Labute approximate surface area is 188 Å². The molecule has 0 aromatic heterocycles. The van der Waals surface area contributed by atoms with Crippen molar-refractivity contribution in [2.24, 2.45) is 4.99 Å². The maximum Gasteiger partial charge on any atom is 0.191 e. The van der Waals surface area contributed by atoms with Crippen LogP contribution in [0.5, 0.6) is 5.75 Å². The van der Waals surface area contributed by atoms with E-state index < -0.39 is 6.10 Å². The van der Waals surface area contributed by atoms with E-state index >= 15 is 0 Å². The van der Waals surface area contributed by atoms with Crippen LogP contribution in [-0.4, -0.2) is 37.8 Å². The van der Waals surface area contributed by atoms with Crippen LogP contribution in [-0.2, 0) is 5.41 Å². The fraction of sp³-hybridized carbons (Fsp3) is 0.409. The molecule has 3 rings (SSSR count). The first kappa shape index (κ1) is 23.4. The van der Waals surface area contributed by atoms with Crippen molar-refractivity contribution in [1.29, 1.82) is 0 Å². The molecule has 7 heteroatoms. The van der Waals surface area contributed by atoms with Crippen molar-refractivity contribution in [1.82, 2.24) is 10.6 Å². The summed E-state index contributed by atoms with van der Waals surface area (Å²) in [7, 11) is 1.60. The quantitative estimate of drug-likeness (QED) is 0.286.